The van der Waals surface area contributed by atoms with Crippen molar-refractivity contribution in [1.82, 2.24) is 4.90 Å². The van der Waals surface area contributed by atoms with Crippen molar-refractivity contribution in [2.75, 3.05) is 12.4 Å². The van der Waals surface area contributed by atoms with Gasteiger partial charge in [-0.05, 0) is 18.8 Å². The van der Waals surface area contributed by atoms with Gasteiger partial charge in [0.1, 0.15) is 0 Å². The second kappa shape index (κ2) is 5.57. The van der Waals surface area contributed by atoms with Crippen LogP contribution in [0.2, 0.25) is 0 Å². The standard InChI is InChI=1S/C10H14ClF2NO2/c1-6-3-2-4-14(10(16)9(12)13)8(6)7(15)5-11/h6,8-9H,2-5H2,1H3. The van der Waals surface area contributed by atoms with Crippen molar-refractivity contribution < 1.29 is 18.4 Å². The number of hydrogen-bond donors (Lipinski definition) is 0. The predicted octanol–water partition coefficient (Wildman–Crippen LogP) is 1.69. The lowest BCUT2D eigenvalue weighted by Crippen LogP contribution is -2.54. The van der Waals surface area contributed by atoms with E-state index in [0.29, 0.717) is 6.42 Å². The molecule has 92 valence electrons. The van der Waals surface area contributed by atoms with Crippen LogP contribution in [0.25, 0.3) is 0 Å². The molecule has 6 heteroatoms. The van der Waals surface area contributed by atoms with Crippen molar-refractivity contribution in [3.05, 3.63) is 0 Å². The van der Waals surface area contributed by atoms with Crippen molar-refractivity contribution >= 4 is 23.3 Å². The topological polar surface area (TPSA) is 37.4 Å². The molecule has 1 heterocycles. The molecule has 0 aromatic heterocycles. The van der Waals surface area contributed by atoms with Gasteiger partial charge in [0.25, 0.3) is 5.91 Å². The van der Waals surface area contributed by atoms with Gasteiger partial charge in [-0.25, -0.2) is 0 Å². The summed E-state index contributed by atoms with van der Waals surface area (Å²) in [6.45, 7) is 1.99. The summed E-state index contributed by atoms with van der Waals surface area (Å²) in [5.74, 6) is -1.98. The zero-order valence-corrected chi connectivity index (χ0v) is 9.71. The van der Waals surface area contributed by atoms with Crippen LogP contribution in [-0.2, 0) is 9.59 Å². The van der Waals surface area contributed by atoms with E-state index in [1.165, 1.54) is 0 Å². The third kappa shape index (κ3) is 2.70. The van der Waals surface area contributed by atoms with Gasteiger partial charge in [-0.3, -0.25) is 9.59 Å². The molecule has 1 fully saturated rings. The molecule has 1 saturated heterocycles. The van der Waals surface area contributed by atoms with Gasteiger partial charge < -0.3 is 4.90 Å². The fourth-order valence-corrected chi connectivity index (χ4v) is 2.29. The molecule has 2 atom stereocenters. The van der Waals surface area contributed by atoms with Crippen LogP contribution in [0, 0.1) is 5.92 Å². The van der Waals surface area contributed by atoms with Crippen molar-refractivity contribution in [1.29, 1.82) is 0 Å². The summed E-state index contributed by atoms with van der Waals surface area (Å²) in [6, 6.07) is -0.784. The van der Waals surface area contributed by atoms with E-state index in [9.17, 15) is 18.4 Å². The number of carbonyl (C=O) groups is 2. The first-order valence-corrected chi connectivity index (χ1v) is 5.69. The number of hydrogen-bond acceptors (Lipinski definition) is 2. The fourth-order valence-electron chi connectivity index (χ4n) is 2.13. The average molecular weight is 254 g/mol. The molecule has 1 rings (SSSR count). The van der Waals surface area contributed by atoms with E-state index in [1.807, 2.05) is 0 Å². The summed E-state index contributed by atoms with van der Waals surface area (Å²) >= 11 is 5.43. The quantitative estimate of drug-likeness (QED) is 0.718. The van der Waals surface area contributed by atoms with Crippen LogP contribution in [0.15, 0.2) is 0 Å². The SMILES string of the molecule is CC1CCCN(C(=O)C(F)F)C1C(=O)CCl. The molecule has 0 radical (unpaired) electrons. The first-order valence-electron chi connectivity index (χ1n) is 5.16. The fraction of sp³-hybridized carbons (Fsp3) is 0.800. The van der Waals surface area contributed by atoms with E-state index in [0.717, 1.165) is 11.3 Å². The van der Waals surface area contributed by atoms with Crippen molar-refractivity contribution in [3.63, 3.8) is 0 Å². The number of nitrogens with zero attached hydrogens (tertiary/aromatic N) is 1. The number of ketones is 1. The summed E-state index contributed by atoms with van der Waals surface area (Å²) in [5.41, 5.74) is 0. The van der Waals surface area contributed by atoms with Crippen molar-refractivity contribution in [3.8, 4) is 0 Å². The summed E-state index contributed by atoms with van der Waals surface area (Å²) in [6.07, 6.45) is -1.66. The van der Waals surface area contributed by atoms with E-state index in [1.54, 1.807) is 6.92 Å². The Bertz CT molecular complexity index is 286. The molecule has 2 unspecified atom stereocenters. The summed E-state index contributed by atoms with van der Waals surface area (Å²) < 4.78 is 24.7. The van der Waals surface area contributed by atoms with Crippen LogP contribution >= 0.6 is 11.6 Å². The van der Waals surface area contributed by atoms with Crippen LogP contribution < -0.4 is 0 Å². The van der Waals surface area contributed by atoms with Crippen LogP contribution in [0.4, 0.5) is 8.78 Å². The molecule has 1 aliphatic heterocycles. The van der Waals surface area contributed by atoms with Crippen LogP contribution in [-0.4, -0.2) is 41.5 Å². The van der Waals surface area contributed by atoms with Gasteiger partial charge in [-0.1, -0.05) is 6.92 Å². The Morgan fingerprint density at radius 2 is 2.12 bits per heavy atom. The Kier molecular flexibility index (Phi) is 4.65. The molecule has 16 heavy (non-hydrogen) atoms. The van der Waals surface area contributed by atoms with Gasteiger partial charge >= 0.3 is 6.43 Å². The van der Waals surface area contributed by atoms with Crippen molar-refractivity contribution in [2.24, 2.45) is 5.92 Å². The molecule has 3 nitrogen and oxygen atoms in total. The Morgan fingerprint density at radius 3 is 2.62 bits per heavy atom. The molecular formula is C10H14ClF2NO2. The van der Waals surface area contributed by atoms with Gasteiger partial charge in [0.15, 0.2) is 5.78 Å². The van der Waals surface area contributed by atoms with E-state index in [4.69, 9.17) is 11.6 Å². The van der Waals surface area contributed by atoms with Gasteiger partial charge in [0, 0.05) is 6.54 Å². The Hall–Kier alpha value is -0.710. The van der Waals surface area contributed by atoms with Crippen molar-refractivity contribution in [2.45, 2.75) is 32.2 Å². The maximum Gasteiger partial charge on any atom is 0.315 e. The number of alkyl halides is 3. The molecular weight excluding hydrogens is 240 g/mol. The van der Waals surface area contributed by atoms with E-state index in [-0.39, 0.29) is 24.1 Å². The number of piperidine rings is 1. The number of halogens is 3. The molecule has 0 saturated carbocycles. The average Bonchev–Trinajstić information content (AvgIpc) is 2.26. The smallest absolute Gasteiger partial charge is 0.315 e. The highest BCUT2D eigenvalue weighted by atomic mass is 35.5. The minimum Gasteiger partial charge on any atom is -0.327 e. The minimum atomic E-state index is -3.06. The number of Topliss-reactive ketones (excluding diaryl/α,β-unsaturated/α-hetero) is 1. The molecule has 0 aliphatic carbocycles. The second-order valence-electron chi connectivity index (χ2n) is 4.00. The zero-order chi connectivity index (χ0) is 12.3. The first-order chi connectivity index (χ1) is 7.49. The molecule has 0 N–H and O–H groups in total. The highest BCUT2D eigenvalue weighted by molar-refractivity contribution is 6.28. The van der Waals surface area contributed by atoms with Gasteiger partial charge in [0.05, 0.1) is 11.9 Å². The van der Waals surface area contributed by atoms with E-state index < -0.39 is 18.4 Å². The van der Waals surface area contributed by atoms with Crippen LogP contribution in [0.3, 0.4) is 0 Å². The highest BCUT2D eigenvalue weighted by Gasteiger charge is 2.38. The number of rotatable bonds is 3. The van der Waals surface area contributed by atoms with Gasteiger partial charge in [-0.15, -0.1) is 11.6 Å². The number of likely N-dealkylation sites (tertiary alicyclic amines) is 1. The minimum absolute atomic E-state index is 0.109. The molecule has 0 bridgehead atoms. The monoisotopic (exact) mass is 253 g/mol. The normalized spacial score (nSPS) is 25.9. The highest BCUT2D eigenvalue weighted by Crippen LogP contribution is 2.25. The molecule has 1 amide bonds. The molecule has 0 spiro atoms. The Balaban J connectivity index is 2.86. The molecule has 1 aliphatic rings. The first kappa shape index (κ1) is 13.4. The largest absolute Gasteiger partial charge is 0.327 e. The maximum atomic E-state index is 12.3. The Labute approximate surface area is 97.7 Å². The second-order valence-corrected chi connectivity index (χ2v) is 4.26. The van der Waals surface area contributed by atoms with E-state index in [2.05, 4.69) is 0 Å². The lowest BCUT2D eigenvalue weighted by atomic mass is 9.88. The zero-order valence-electron chi connectivity index (χ0n) is 8.96. The summed E-state index contributed by atoms with van der Waals surface area (Å²) in [7, 11) is 0. The third-order valence-corrected chi connectivity index (χ3v) is 3.13. The molecule has 0 aromatic rings. The predicted molar refractivity (Wildman–Crippen MR) is 55.6 cm³/mol. The third-order valence-electron chi connectivity index (χ3n) is 2.86. The van der Waals surface area contributed by atoms with Crippen LogP contribution in [0.1, 0.15) is 19.8 Å². The van der Waals surface area contributed by atoms with E-state index >= 15 is 0 Å². The van der Waals surface area contributed by atoms with Gasteiger partial charge in [-0.2, -0.15) is 8.78 Å². The summed E-state index contributed by atoms with van der Waals surface area (Å²) in [4.78, 5) is 23.8. The van der Waals surface area contributed by atoms with Gasteiger partial charge in [0.2, 0.25) is 0 Å². The lowest BCUT2D eigenvalue weighted by molar-refractivity contribution is -0.152. The number of carbonyl (C=O) groups excluding carboxylic acids is 2. The maximum absolute atomic E-state index is 12.3. The number of amides is 1. The van der Waals surface area contributed by atoms with Crippen LogP contribution in [0.5, 0.6) is 0 Å². The molecule has 0 aromatic carbocycles. The Morgan fingerprint density at radius 1 is 1.50 bits per heavy atom. The summed E-state index contributed by atoms with van der Waals surface area (Å²) in [5, 5.41) is 0. The lowest BCUT2D eigenvalue weighted by Gasteiger charge is -2.38.